The summed E-state index contributed by atoms with van der Waals surface area (Å²) in [6, 6.07) is -1.78. The van der Waals surface area contributed by atoms with Crippen molar-refractivity contribution >= 4 is 0 Å². The topological polar surface area (TPSA) is 42.3 Å². The van der Waals surface area contributed by atoms with Gasteiger partial charge in [-0.25, -0.2) is 0 Å². The van der Waals surface area contributed by atoms with E-state index >= 15 is 0 Å². The van der Waals surface area contributed by atoms with Gasteiger partial charge in [0, 0.05) is 6.54 Å². The van der Waals surface area contributed by atoms with Crippen LogP contribution in [-0.4, -0.2) is 55.2 Å². The fourth-order valence-corrected chi connectivity index (χ4v) is 1.96. The van der Waals surface area contributed by atoms with Crippen LogP contribution in [0.25, 0.3) is 0 Å². The first-order valence-corrected chi connectivity index (χ1v) is 6.85. The van der Waals surface area contributed by atoms with Crippen molar-refractivity contribution in [3.05, 3.63) is 11.9 Å². The first-order chi connectivity index (χ1) is 9.81. The van der Waals surface area contributed by atoms with Gasteiger partial charge < -0.3 is 15.0 Å². The smallest absolute Gasteiger partial charge is 0.409 e. The van der Waals surface area contributed by atoms with Crippen LogP contribution in [0.15, 0.2) is 6.20 Å². The Labute approximate surface area is 123 Å². The van der Waals surface area contributed by atoms with Crippen molar-refractivity contribution in [2.24, 2.45) is 0 Å². The maximum absolute atomic E-state index is 13.3. The first kappa shape index (κ1) is 17.8. The lowest BCUT2D eigenvalue weighted by molar-refractivity contribution is -0.159. The van der Waals surface area contributed by atoms with Crippen molar-refractivity contribution < 1.29 is 17.9 Å². The standard InChI is InChI=1S/C13H23F3N4O/c1-5-6-17-12(13(14,15)16)11-10(21-4)9-18-20(11)8-7-19(2)3/h9,12,17H,5-8H2,1-4H3. The summed E-state index contributed by atoms with van der Waals surface area (Å²) < 4.78 is 46.4. The van der Waals surface area contributed by atoms with Gasteiger partial charge in [0.25, 0.3) is 0 Å². The minimum Gasteiger partial charge on any atom is -0.493 e. The van der Waals surface area contributed by atoms with Gasteiger partial charge in [0.15, 0.2) is 5.75 Å². The van der Waals surface area contributed by atoms with Gasteiger partial charge in [-0.1, -0.05) is 6.92 Å². The van der Waals surface area contributed by atoms with E-state index in [1.165, 1.54) is 18.0 Å². The Morgan fingerprint density at radius 2 is 2.10 bits per heavy atom. The molecular weight excluding hydrogens is 285 g/mol. The fourth-order valence-electron chi connectivity index (χ4n) is 1.96. The van der Waals surface area contributed by atoms with Crippen LogP contribution < -0.4 is 10.1 Å². The number of rotatable bonds is 8. The third-order valence-corrected chi connectivity index (χ3v) is 3.02. The molecule has 0 aromatic carbocycles. The molecule has 1 N–H and O–H groups in total. The molecule has 1 aromatic rings. The van der Waals surface area contributed by atoms with Crippen LogP contribution in [0.3, 0.4) is 0 Å². The second-order valence-corrected chi connectivity index (χ2v) is 5.05. The molecule has 0 aliphatic rings. The number of methoxy groups -OCH3 is 1. The minimum absolute atomic E-state index is 0.0281. The number of halogens is 3. The van der Waals surface area contributed by atoms with E-state index < -0.39 is 12.2 Å². The molecule has 0 radical (unpaired) electrons. The Hall–Kier alpha value is -1.28. The van der Waals surface area contributed by atoms with E-state index in [0.29, 0.717) is 19.5 Å². The maximum atomic E-state index is 13.3. The van der Waals surface area contributed by atoms with Crippen LogP contribution in [0, 0.1) is 0 Å². The van der Waals surface area contributed by atoms with Crippen molar-refractivity contribution in [2.45, 2.75) is 32.1 Å². The Kier molecular flexibility index (Phi) is 6.47. The first-order valence-electron chi connectivity index (χ1n) is 6.85. The van der Waals surface area contributed by atoms with Crippen LogP contribution in [-0.2, 0) is 6.54 Å². The average molecular weight is 308 g/mol. The van der Waals surface area contributed by atoms with Crippen molar-refractivity contribution in [3.8, 4) is 5.75 Å². The summed E-state index contributed by atoms with van der Waals surface area (Å²) in [5.41, 5.74) is 0.0281. The molecule has 0 aliphatic carbocycles. The lowest BCUT2D eigenvalue weighted by atomic mass is 10.1. The summed E-state index contributed by atoms with van der Waals surface area (Å²) >= 11 is 0. The van der Waals surface area contributed by atoms with Gasteiger partial charge in [-0.05, 0) is 27.1 Å². The third kappa shape index (κ3) is 4.89. The van der Waals surface area contributed by atoms with Crippen molar-refractivity contribution in [2.75, 3.05) is 34.3 Å². The second kappa shape index (κ2) is 7.65. The molecule has 1 heterocycles. The van der Waals surface area contributed by atoms with Gasteiger partial charge in [-0.2, -0.15) is 18.3 Å². The Morgan fingerprint density at radius 3 is 2.57 bits per heavy atom. The van der Waals surface area contributed by atoms with Gasteiger partial charge in [-0.15, -0.1) is 0 Å². The number of hydrogen-bond acceptors (Lipinski definition) is 4. The molecule has 8 heteroatoms. The lowest BCUT2D eigenvalue weighted by Crippen LogP contribution is -2.37. The third-order valence-electron chi connectivity index (χ3n) is 3.02. The summed E-state index contributed by atoms with van der Waals surface area (Å²) in [6.45, 7) is 3.05. The Bertz CT molecular complexity index is 432. The molecule has 0 bridgehead atoms. The molecule has 21 heavy (non-hydrogen) atoms. The van der Waals surface area contributed by atoms with E-state index in [1.807, 2.05) is 25.9 Å². The molecule has 5 nitrogen and oxygen atoms in total. The molecule has 1 atom stereocenters. The molecule has 0 spiro atoms. The highest BCUT2D eigenvalue weighted by Gasteiger charge is 2.44. The number of alkyl halides is 3. The van der Waals surface area contributed by atoms with Crippen LogP contribution in [0.2, 0.25) is 0 Å². The van der Waals surface area contributed by atoms with Gasteiger partial charge in [-0.3, -0.25) is 4.68 Å². The Morgan fingerprint density at radius 1 is 1.43 bits per heavy atom. The van der Waals surface area contributed by atoms with Crippen molar-refractivity contribution in [1.82, 2.24) is 20.0 Å². The van der Waals surface area contributed by atoms with Gasteiger partial charge in [0.05, 0.1) is 19.9 Å². The van der Waals surface area contributed by atoms with Crippen LogP contribution in [0.1, 0.15) is 25.1 Å². The van der Waals surface area contributed by atoms with Crippen LogP contribution in [0.5, 0.6) is 5.75 Å². The Balaban J connectivity index is 3.11. The predicted molar refractivity (Wildman–Crippen MR) is 74.4 cm³/mol. The van der Waals surface area contributed by atoms with E-state index in [9.17, 15) is 13.2 Å². The molecule has 122 valence electrons. The highest BCUT2D eigenvalue weighted by atomic mass is 19.4. The summed E-state index contributed by atoms with van der Waals surface area (Å²) in [5.74, 6) is 0.152. The minimum atomic E-state index is -4.40. The van der Waals surface area contributed by atoms with Gasteiger partial charge in [0.2, 0.25) is 0 Å². The second-order valence-electron chi connectivity index (χ2n) is 5.05. The molecule has 1 aromatic heterocycles. The molecule has 1 unspecified atom stereocenters. The number of hydrogen-bond donors (Lipinski definition) is 1. The van der Waals surface area contributed by atoms with E-state index in [-0.39, 0.29) is 18.0 Å². The lowest BCUT2D eigenvalue weighted by Gasteiger charge is -2.24. The number of aromatic nitrogens is 2. The number of nitrogens with one attached hydrogen (secondary N) is 1. The number of likely N-dealkylation sites (N-methyl/N-ethyl adjacent to an activating group) is 1. The molecule has 0 saturated heterocycles. The summed E-state index contributed by atoms with van der Waals surface area (Å²) in [5, 5.41) is 6.56. The van der Waals surface area contributed by atoms with E-state index in [4.69, 9.17) is 4.74 Å². The monoisotopic (exact) mass is 308 g/mol. The van der Waals surface area contributed by atoms with E-state index in [1.54, 1.807) is 0 Å². The SMILES string of the molecule is CCCNC(c1c(OC)cnn1CCN(C)C)C(F)(F)F. The summed E-state index contributed by atoms with van der Waals surface area (Å²) in [7, 11) is 5.07. The van der Waals surface area contributed by atoms with Gasteiger partial charge >= 0.3 is 6.18 Å². The molecule has 0 fully saturated rings. The quantitative estimate of drug-likeness (QED) is 0.798. The number of nitrogens with zero attached hydrogens (tertiary/aromatic N) is 3. The van der Waals surface area contributed by atoms with Crippen molar-refractivity contribution in [1.29, 1.82) is 0 Å². The summed E-state index contributed by atoms with van der Waals surface area (Å²) in [4.78, 5) is 1.89. The van der Waals surface area contributed by atoms with E-state index in [2.05, 4.69) is 10.4 Å². The fraction of sp³-hybridized carbons (Fsp3) is 0.769. The molecule has 0 amide bonds. The van der Waals surface area contributed by atoms with Gasteiger partial charge in [0.1, 0.15) is 11.7 Å². The highest BCUT2D eigenvalue weighted by Crippen LogP contribution is 2.37. The maximum Gasteiger partial charge on any atom is 0.409 e. The number of ether oxygens (including phenoxy) is 1. The van der Waals surface area contributed by atoms with E-state index in [0.717, 1.165) is 0 Å². The normalized spacial score (nSPS) is 13.7. The molecular formula is C13H23F3N4O. The van der Waals surface area contributed by atoms with Crippen molar-refractivity contribution in [3.63, 3.8) is 0 Å². The highest BCUT2D eigenvalue weighted by molar-refractivity contribution is 5.29. The zero-order valence-corrected chi connectivity index (χ0v) is 12.9. The zero-order valence-electron chi connectivity index (χ0n) is 12.9. The molecule has 0 saturated carbocycles. The van der Waals surface area contributed by atoms with Crippen LogP contribution in [0.4, 0.5) is 13.2 Å². The predicted octanol–water partition coefficient (Wildman–Crippen LogP) is 2.06. The summed E-state index contributed by atoms with van der Waals surface area (Å²) in [6.07, 6.45) is -2.46. The molecule has 0 aliphatic heterocycles. The zero-order chi connectivity index (χ0) is 16.0. The average Bonchev–Trinajstić information content (AvgIpc) is 2.78. The molecule has 1 rings (SSSR count). The van der Waals surface area contributed by atoms with Crippen LogP contribution >= 0.6 is 0 Å². The largest absolute Gasteiger partial charge is 0.493 e.